The van der Waals surface area contributed by atoms with Crippen LogP contribution < -0.4 is 5.32 Å². The van der Waals surface area contributed by atoms with Crippen LogP contribution in [-0.2, 0) is 16.0 Å². The highest BCUT2D eigenvalue weighted by Gasteiger charge is 2.65. The zero-order valence-corrected chi connectivity index (χ0v) is 18.3. The fourth-order valence-corrected chi connectivity index (χ4v) is 4.22. The van der Waals surface area contributed by atoms with Crippen LogP contribution in [0.1, 0.15) is 43.1 Å². The minimum Gasteiger partial charge on any atom is -0.396 e. The molecule has 0 bridgehead atoms. The van der Waals surface area contributed by atoms with Gasteiger partial charge in [0.2, 0.25) is 0 Å². The maximum Gasteiger partial charge on any atom is 0.417 e. The molecule has 1 aliphatic rings. The van der Waals surface area contributed by atoms with Gasteiger partial charge in [-0.3, -0.25) is 4.79 Å². The Labute approximate surface area is 189 Å². The quantitative estimate of drug-likeness (QED) is 0.578. The molecule has 1 aliphatic heterocycles. The van der Waals surface area contributed by atoms with Gasteiger partial charge in [-0.2, -0.15) is 27.1 Å². The molecule has 0 unspecified atom stereocenters. The van der Waals surface area contributed by atoms with Crippen LogP contribution in [-0.4, -0.2) is 45.3 Å². The van der Waals surface area contributed by atoms with Gasteiger partial charge in [0.15, 0.2) is 17.2 Å². The smallest absolute Gasteiger partial charge is 0.396 e. The van der Waals surface area contributed by atoms with Crippen molar-refractivity contribution in [3.8, 4) is 0 Å². The van der Waals surface area contributed by atoms with Gasteiger partial charge in [-0.1, -0.05) is 13.0 Å². The Bertz CT molecular complexity index is 1070. The summed E-state index contributed by atoms with van der Waals surface area (Å²) in [5, 5.41) is 15.1. The Balaban J connectivity index is 2.09. The van der Waals surface area contributed by atoms with Gasteiger partial charge in [0, 0.05) is 18.4 Å². The van der Waals surface area contributed by atoms with Crippen LogP contribution in [0.5, 0.6) is 0 Å². The molecule has 0 aliphatic carbocycles. The number of nitrogens with zero attached hydrogens (tertiary/aromatic N) is 2. The highest BCUT2D eigenvalue weighted by atomic mass is 19.4. The molecule has 0 radical (unpaired) electrons. The first-order valence-electron chi connectivity index (χ1n) is 10.2. The monoisotopic (exact) mass is 497 g/mol. The average Bonchev–Trinajstić information content (AvgIpc) is 3.24. The van der Waals surface area contributed by atoms with E-state index in [0.717, 1.165) is 26.1 Å². The van der Waals surface area contributed by atoms with Gasteiger partial charge < -0.3 is 15.2 Å². The number of amides is 1. The van der Waals surface area contributed by atoms with Crippen LogP contribution in [0.15, 0.2) is 18.3 Å². The topological polar surface area (TPSA) is 76.4 Å². The first-order valence-corrected chi connectivity index (χ1v) is 10.2. The number of rotatable bonds is 6. The van der Waals surface area contributed by atoms with Crippen molar-refractivity contribution < 1.29 is 45.4 Å². The molecule has 1 saturated heterocycles. The molecule has 0 saturated carbocycles. The lowest BCUT2D eigenvalue weighted by atomic mass is 9.75. The number of nitrogens with one attached hydrogen (secondary N) is 1. The molecule has 4 atom stereocenters. The number of aliphatic hydroxyl groups is 1. The molecule has 34 heavy (non-hydrogen) atoms. The zero-order valence-electron chi connectivity index (χ0n) is 18.3. The number of hydrogen-bond donors (Lipinski definition) is 2. The summed E-state index contributed by atoms with van der Waals surface area (Å²) in [6.07, 6.45) is -6.40. The highest BCUT2D eigenvalue weighted by Crippen LogP contribution is 2.54. The van der Waals surface area contributed by atoms with Gasteiger partial charge >= 0.3 is 12.7 Å². The number of halogens is 7. The van der Waals surface area contributed by atoms with Gasteiger partial charge in [0.25, 0.3) is 5.91 Å². The summed E-state index contributed by atoms with van der Waals surface area (Å²) in [5.74, 6) is -6.59. The third-order valence-electron chi connectivity index (χ3n) is 6.25. The van der Waals surface area contributed by atoms with Crippen molar-refractivity contribution in [2.24, 2.45) is 5.92 Å². The number of alkyl halides is 5. The standard InChI is InChI=1S/C21H22F7N3O3/c1-9-15(11-4-5-13(22)16(23)12(11)6-7-32)17(34-20(9,3)21(26,27)28)18(33)29-14-8-31(19(24)25)30-10(14)2/h4-5,8-9,15,17,19,32H,6-7H2,1-3H3,(H,29,33)/t9-,15-,17+,20+/m0/s1. The Morgan fingerprint density at radius 2 is 1.97 bits per heavy atom. The molecular weight excluding hydrogens is 475 g/mol. The summed E-state index contributed by atoms with van der Waals surface area (Å²) in [4.78, 5) is 13.1. The second kappa shape index (κ2) is 9.17. The SMILES string of the molecule is Cc1nn(C(F)F)cc1NC(=O)[C@@H]1O[C@@](C)(C(F)(F)F)[C@@H](C)[C@H]1c1ccc(F)c(F)c1CCO. The summed E-state index contributed by atoms with van der Waals surface area (Å²) in [6.45, 7) is -0.441. The summed E-state index contributed by atoms with van der Waals surface area (Å²) >= 11 is 0. The number of ether oxygens (including phenoxy) is 1. The molecule has 1 amide bonds. The molecule has 2 aromatic rings. The first-order chi connectivity index (χ1) is 15.7. The highest BCUT2D eigenvalue weighted by molar-refractivity contribution is 5.95. The van der Waals surface area contributed by atoms with Crippen LogP contribution in [0.4, 0.5) is 36.4 Å². The normalized spacial score (nSPS) is 25.2. The fraction of sp³-hybridized carbons (Fsp3) is 0.524. The van der Waals surface area contributed by atoms with Crippen LogP contribution in [0, 0.1) is 24.5 Å². The third kappa shape index (κ3) is 4.38. The number of anilines is 1. The van der Waals surface area contributed by atoms with E-state index in [9.17, 15) is 40.6 Å². The van der Waals surface area contributed by atoms with Gasteiger partial charge in [-0.15, -0.1) is 0 Å². The maximum absolute atomic E-state index is 14.5. The van der Waals surface area contributed by atoms with Crippen molar-refractivity contribution >= 4 is 11.6 Å². The van der Waals surface area contributed by atoms with Gasteiger partial charge in [-0.25, -0.2) is 13.5 Å². The molecule has 1 aromatic heterocycles. The lowest BCUT2D eigenvalue weighted by Gasteiger charge is -2.32. The Kier molecular flexibility index (Phi) is 7.00. The summed E-state index contributed by atoms with van der Waals surface area (Å²) < 4.78 is 102. The van der Waals surface area contributed by atoms with Crippen molar-refractivity contribution in [2.75, 3.05) is 11.9 Å². The second-order valence-corrected chi connectivity index (χ2v) is 8.24. The van der Waals surface area contributed by atoms with Crippen LogP contribution in [0.3, 0.4) is 0 Å². The van der Waals surface area contributed by atoms with Crippen molar-refractivity contribution in [2.45, 2.75) is 57.5 Å². The van der Waals surface area contributed by atoms with Gasteiger partial charge in [-0.05, 0) is 37.5 Å². The van der Waals surface area contributed by atoms with E-state index in [0.29, 0.717) is 6.07 Å². The van der Waals surface area contributed by atoms with Crippen molar-refractivity contribution in [3.05, 3.63) is 46.8 Å². The van der Waals surface area contributed by atoms with Crippen LogP contribution >= 0.6 is 0 Å². The van der Waals surface area contributed by atoms with E-state index in [-0.39, 0.29) is 27.2 Å². The molecule has 0 spiro atoms. The molecule has 2 heterocycles. The summed E-state index contributed by atoms with van der Waals surface area (Å²) in [7, 11) is 0. The molecule has 1 aromatic carbocycles. The molecule has 2 N–H and O–H groups in total. The summed E-state index contributed by atoms with van der Waals surface area (Å²) in [5.41, 5.74) is -3.56. The molecule has 6 nitrogen and oxygen atoms in total. The lowest BCUT2D eigenvalue weighted by molar-refractivity contribution is -0.272. The van der Waals surface area contributed by atoms with Crippen LogP contribution in [0.2, 0.25) is 0 Å². The second-order valence-electron chi connectivity index (χ2n) is 8.24. The molecular formula is C21H22F7N3O3. The number of aliphatic hydroxyl groups excluding tert-OH is 1. The number of hydrogen-bond acceptors (Lipinski definition) is 4. The van der Waals surface area contributed by atoms with E-state index in [2.05, 4.69) is 10.4 Å². The summed E-state index contributed by atoms with van der Waals surface area (Å²) in [6, 6.07) is 1.77. The first kappa shape index (κ1) is 25.9. The largest absolute Gasteiger partial charge is 0.417 e. The Morgan fingerprint density at radius 3 is 2.50 bits per heavy atom. The maximum atomic E-state index is 14.5. The zero-order chi connectivity index (χ0) is 25.6. The van der Waals surface area contributed by atoms with E-state index in [1.165, 1.54) is 6.92 Å². The minimum atomic E-state index is -4.94. The predicted molar refractivity (Wildman–Crippen MR) is 105 cm³/mol. The van der Waals surface area contributed by atoms with E-state index in [4.69, 9.17) is 4.74 Å². The molecule has 188 valence electrons. The number of carbonyl (C=O) groups excluding carboxylic acids is 1. The number of aryl methyl sites for hydroxylation is 1. The van der Waals surface area contributed by atoms with Crippen molar-refractivity contribution in [3.63, 3.8) is 0 Å². The molecule has 13 heteroatoms. The Hall–Kier alpha value is -2.67. The van der Waals surface area contributed by atoms with E-state index in [1.54, 1.807) is 0 Å². The van der Waals surface area contributed by atoms with E-state index >= 15 is 0 Å². The van der Waals surface area contributed by atoms with Gasteiger partial charge in [0.1, 0.15) is 6.10 Å². The number of carbonyl (C=O) groups is 1. The fourth-order valence-electron chi connectivity index (χ4n) is 4.22. The van der Waals surface area contributed by atoms with Crippen molar-refractivity contribution in [1.82, 2.24) is 9.78 Å². The molecule has 3 rings (SSSR count). The van der Waals surface area contributed by atoms with E-state index in [1.807, 2.05) is 0 Å². The van der Waals surface area contributed by atoms with Crippen LogP contribution in [0.25, 0.3) is 0 Å². The molecule has 1 fully saturated rings. The number of aromatic nitrogens is 2. The third-order valence-corrected chi connectivity index (χ3v) is 6.25. The lowest BCUT2D eigenvalue weighted by Crippen LogP contribution is -2.47. The van der Waals surface area contributed by atoms with E-state index < -0.39 is 66.8 Å². The average molecular weight is 497 g/mol. The minimum absolute atomic E-state index is 0.0244. The van der Waals surface area contributed by atoms with Gasteiger partial charge in [0.05, 0.1) is 17.6 Å². The predicted octanol–water partition coefficient (Wildman–Crippen LogP) is 4.48. The Morgan fingerprint density at radius 1 is 1.32 bits per heavy atom. The number of benzene rings is 1. The van der Waals surface area contributed by atoms with Crippen molar-refractivity contribution in [1.29, 1.82) is 0 Å².